The van der Waals surface area contributed by atoms with Crippen LogP contribution in [-0.4, -0.2) is 35.4 Å². The molecular formula is C18H18N2O4. The second-order valence-corrected chi connectivity index (χ2v) is 5.78. The first kappa shape index (κ1) is 16.1. The predicted molar refractivity (Wildman–Crippen MR) is 88.9 cm³/mol. The van der Waals surface area contributed by atoms with Crippen LogP contribution in [0.25, 0.3) is 0 Å². The van der Waals surface area contributed by atoms with Crippen LogP contribution in [-0.2, 0) is 4.74 Å². The monoisotopic (exact) mass is 326 g/mol. The summed E-state index contributed by atoms with van der Waals surface area (Å²) in [7, 11) is 0. The van der Waals surface area contributed by atoms with Gasteiger partial charge in [-0.1, -0.05) is 30.3 Å². The van der Waals surface area contributed by atoms with Gasteiger partial charge in [0.15, 0.2) is 0 Å². The third kappa shape index (κ3) is 3.28. The lowest BCUT2D eigenvalue weighted by Gasteiger charge is -2.33. The molecule has 0 aliphatic carbocycles. The molecule has 6 heteroatoms. The van der Waals surface area contributed by atoms with E-state index in [2.05, 4.69) is 0 Å². The van der Waals surface area contributed by atoms with Gasteiger partial charge in [0, 0.05) is 23.7 Å². The summed E-state index contributed by atoms with van der Waals surface area (Å²) in [4.78, 5) is 24.9. The smallest absolute Gasteiger partial charge is 0.272 e. The van der Waals surface area contributed by atoms with Gasteiger partial charge < -0.3 is 9.64 Å². The number of carbonyl (C=O) groups excluding carboxylic acids is 1. The number of rotatable bonds is 3. The van der Waals surface area contributed by atoms with Gasteiger partial charge in [0.25, 0.3) is 11.6 Å². The second-order valence-electron chi connectivity index (χ2n) is 5.78. The van der Waals surface area contributed by atoms with Crippen LogP contribution >= 0.6 is 0 Å². The number of nitro groups is 1. The van der Waals surface area contributed by atoms with Gasteiger partial charge in [0.2, 0.25) is 0 Å². The van der Waals surface area contributed by atoms with Gasteiger partial charge in [-0.05, 0) is 24.6 Å². The summed E-state index contributed by atoms with van der Waals surface area (Å²) in [5, 5.41) is 10.9. The highest BCUT2D eigenvalue weighted by molar-refractivity contribution is 5.94. The lowest BCUT2D eigenvalue weighted by molar-refractivity contribution is -0.385. The molecule has 1 amide bonds. The molecule has 1 aliphatic rings. The molecular weight excluding hydrogens is 308 g/mol. The van der Waals surface area contributed by atoms with Gasteiger partial charge in [0.1, 0.15) is 6.10 Å². The predicted octanol–water partition coefficient (Wildman–Crippen LogP) is 3.12. The molecule has 6 nitrogen and oxygen atoms in total. The van der Waals surface area contributed by atoms with Crippen LogP contribution in [0.5, 0.6) is 0 Å². The topological polar surface area (TPSA) is 72.7 Å². The molecule has 1 atom stereocenters. The second kappa shape index (κ2) is 6.80. The SMILES string of the molecule is Cc1cc(C(=O)N2CCO[C@@H](c3ccccc3)C2)ccc1[N+](=O)[O-]. The standard InChI is InChI=1S/C18H18N2O4/c1-13-11-15(7-8-16(13)20(22)23)18(21)19-9-10-24-17(12-19)14-5-3-2-4-6-14/h2-8,11,17H,9-10,12H2,1H3/t17-/m1/s1. The summed E-state index contributed by atoms with van der Waals surface area (Å²) in [6.45, 7) is 3.09. The van der Waals surface area contributed by atoms with Crippen LogP contribution < -0.4 is 0 Å². The Bertz CT molecular complexity index is 761. The zero-order valence-electron chi connectivity index (χ0n) is 13.3. The van der Waals surface area contributed by atoms with E-state index in [4.69, 9.17) is 4.74 Å². The Labute approximate surface area is 139 Å². The molecule has 124 valence electrons. The van der Waals surface area contributed by atoms with Gasteiger partial charge in [-0.3, -0.25) is 14.9 Å². The van der Waals surface area contributed by atoms with Crippen molar-refractivity contribution < 1.29 is 14.5 Å². The van der Waals surface area contributed by atoms with Crippen LogP contribution in [0.4, 0.5) is 5.69 Å². The molecule has 0 N–H and O–H groups in total. The lowest BCUT2D eigenvalue weighted by atomic mass is 10.1. The van der Waals surface area contributed by atoms with Crippen LogP contribution in [0.15, 0.2) is 48.5 Å². The molecule has 1 saturated heterocycles. The molecule has 3 rings (SSSR count). The van der Waals surface area contributed by atoms with Crippen LogP contribution in [0, 0.1) is 17.0 Å². The van der Waals surface area contributed by atoms with Crippen molar-refractivity contribution in [3.8, 4) is 0 Å². The third-order valence-corrected chi connectivity index (χ3v) is 4.17. The number of nitrogens with zero attached hydrogens (tertiary/aromatic N) is 2. The first-order chi connectivity index (χ1) is 11.6. The maximum absolute atomic E-state index is 12.7. The first-order valence-corrected chi connectivity index (χ1v) is 7.77. The van der Waals surface area contributed by atoms with E-state index < -0.39 is 4.92 Å². The highest BCUT2D eigenvalue weighted by Gasteiger charge is 2.26. The normalized spacial score (nSPS) is 17.5. The fourth-order valence-electron chi connectivity index (χ4n) is 2.88. The van der Waals surface area contributed by atoms with Crippen molar-refractivity contribution in [3.05, 3.63) is 75.3 Å². The fraction of sp³-hybridized carbons (Fsp3) is 0.278. The van der Waals surface area contributed by atoms with E-state index in [-0.39, 0.29) is 17.7 Å². The number of benzene rings is 2. The van der Waals surface area contributed by atoms with Crippen molar-refractivity contribution >= 4 is 11.6 Å². The van der Waals surface area contributed by atoms with Crippen LogP contribution in [0.2, 0.25) is 0 Å². The van der Waals surface area contributed by atoms with Gasteiger partial charge in [-0.15, -0.1) is 0 Å². The number of hydrogen-bond donors (Lipinski definition) is 0. The van der Waals surface area contributed by atoms with E-state index in [0.717, 1.165) is 5.56 Å². The summed E-state index contributed by atoms with van der Waals surface area (Å²) in [5.41, 5.74) is 2.01. The quantitative estimate of drug-likeness (QED) is 0.642. The van der Waals surface area contributed by atoms with Gasteiger partial charge >= 0.3 is 0 Å². The molecule has 0 aromatic heterocycles. The summed E-state index contributed by atoms with van der Waals surface area (Å²) < 4.78 is 5.77. The Morgan fingerprint density at radius 3 is 2.67 bits per heavy atom. The average molecular weight is 326 g/mol. The number of aryl methyl sites for hydroxylation is 1. The van der Waals surface area contributed by atoms with Crippen LogP contribution in [0.1, 0.15) is 27.6 Å². The molecule has 2 aromatic carbocycles. The van der Waals surface area contributed by atoms with Crippen molar-refractivity contribution in [1.29, 1.82) is 0 Å². The van der Waals surface area contributed by atoms with Crippen molar-refractivity contribution in [2.75, 3.05) is 19.7 Å². The van der Waals surface area contributed by atoms with Crippen molar-refractivity contribution in [2.24, 2.45) is 0 Å². The number of nitro benzene ring substituents is 1. The van der Waals surface area contributed by atoms with E-state index in [1.165, 1.54) is 12.1 Å². The minimum atomic E-state index is -0.441. The Balaban J connectivity index is 1.77. The highest BCUT2D eigenvalue weighted by Crippen LogP contribution is 2.24. The van der Waals surface area contributed by atoms with E-state index in [9.17, 15) is 14.9 Å². The van der Waals surface area contributed by atoms with Gasteiger partial charge in [-0.2, -0.15) is 0 Å². The molecule has 1 fully saturated rings. The first-order valence-electron chi connectivity index (χ1n) is 7.77. The molecule has 0 radical (unpaired) electrons. The zero-order valence-corrected chi connectivity index (χ0v) is 13.3. The summed E-state index contributed by atoms with van der Waals surface area (Å²) in [6.07, 6.45) is -0.150. The maximum Gasteiger partial charge on any atom is 0.272 e. The fourth-order valence-corrected chi connectivity index (χ4v) is 2.88. The van der Waals surface area contributed by atoms with Crippen molar-refractivity contribution in [3.63, 3.8) is 0 Å². The van der Waals surface area contributed by atoms with Gasteiger partial charge in [0.05, 0.1) is 18.1 Å². The molecule has 1 aliphatic heterocycles. The third-order valence-electron chi connectivity index (χ3n) is 4.17. The van der Waals surface area contributed by atoms with Gasteiger partial charge in [-0.25, -0.2) is 0 Å². The van der Waals surface area contributed by atoms with E-state index >= 15 is 0 Å². The Hall–Kier alpha value is -2.73. The molecule has 2 aromatic rings. The summed E-state index contributed by atoms with van der Waals surface area (Å²) in [6, 6.07) is 14.3. The molecule has 0 unspecified atom stereocenters. The van der Waals surface area contributed by atoms with Crippen LogP contribution in [0.3, 0.4) is 0 Å². The molecule has 0 spiro atoms. The minimum absolute atomic E-state index is 0.0238. The Morgan fingerprint density at radius 1 is 1.25 bits per heavy atom. The maximum atomic E-state index is 12.7. The highest BCUT2D eigenvalue weighted by atomic mass is 16.6. The van der Waals surface area contributed by atoms with E-state index in [1.54, 1.807) is 17.9 Å². The summed E-state index contributed by atoms with van der Waals surface area (Å²) in [5.74, 6) is -0.128. The zero-order chi connectivity index (χ0) is 17.1. The minimum Gasteiger partial charge on any atom is -0.370 e. The molecule has 0 bridgehead atoms. The lowest BCUT2D eigenvalue weighted by Crippen LogP contribution is -2.42. The Morgan fingerprint density at radius 2 is 2.00 bits per heavy atom. The molecule has 0 saturated carbocycles. The van der Waals surface area contributed by atoms with Crippen molar-refractivity contribution in [2.45, 2.75) is 13.0 Å². The number of ether oxygens (including phenoxy) is 1. The Kier molecular flexibility index (Phi) is 4.57. The number of morpholine rings is 1. The number of carbonyl (C=O) groups is 1. The molecule has 1 heterocycles. The summed E-state index contributed by atoms with van der Waals surface area (Å²) >= 11 is 0. The van der Waals surface area contributed by atoms with E-state index in [1.807, 2.05) is 30.3 Å². The average Bonchev–Trinajstić information content (AvgIpc) is 2.61. The number of amides is 1. The van der Waals surface area contributed by atoms with E-state index in [0.29, 0.717) is 30.8 Å². The molecule has 24 heavy (non-hydrogen) atoms. The largest absolute Gasteiger partial charge is 0.370 e. The van der Waals surface area contributed by atoms with Crippen molar-refractivity contribution in [1.82, 2.24) is 4.90 Å². The number of hydrogen-bond acceptors (Lipinski definition) is 4.